The lowest BCUT2D eigenvalue weighted by atomic mass is 10.1. The summed E-state index contributed by atoms with van der Waals surface area (Å²) in [4.78, 5) is 25.3. The Hall–Kier alpha value is -7.02. The van der Waals surface area contributed by atoms with Crippen molar-refractivity contribution in [1.29, 1.82) is 0 Å². The molecule has 61 heavy (non-hydrogen) atoms. The maximum atomic E-state index is 12.2. The van der Waals surface area contributed by atoms with E-state index in [2.05, 4.69) is 46.0 Å². The molecule has 0 fully saturated rings. The second kappa shape index (κ2) is 18.5. The highest BCUT2D eigenvalue weighted by molar-refractivity contribution is 7.86. The van der Waals surface area contributed by atoms with Crippen molar-refractivity contribution in [2.75, 3.05) is 48.9 Å². The van der Waals surface area contributed by atoms with Crippen LogP contribution in [0.1, 0.15) is 15.9 Å². The number of methoxy groups -OCH3 is 1. The molecule has 0 unspecified atom stereocenters. The Morgan fingerprint density at radius 3 is 1.92 bits per heavy atom. The van der Waals surface area contributed by atoms with E-state index >= 15 is 0 Å². The van der Waals surface area contributed by atoms with Crippen LogP contribution < -0.4 is 20.3 Å². The van der Waals surface area contributed by atoms with E-state index in [0.29, 0.717) is 34.1 Å². The minimum absolute atomic E-state index is 0.0456. The number of aliphatic hydroxyl groups excluding tert-OH is 2. The van der Waals surface area contributed by atoms with Gasteiger partial charge in [0.25, 0.3) is 20.2 Å². The summed E-state index contributed by atoms with van der Waals surface area (Å²) in [6.45, 7) is 1.38. The van der Waals surface area contributed by atoms with Gasteiger partial charge >= 0.3 is 5.97 Å². The summed E-state index contributed by atoms with van der Waals surface area (Å²) in [5.41, 5.74) is 2.54. The first-order chi connectivity index (χ1) is 29.0. The van der Waals surface area contributed by atoms with Gasteiger partial charge in [0, 0.05) is 35.6 Å². The van der Waals surface area contributed by atoms with Gasteiger partial charge in [-0.1, -0.05) is 12.1 Å². The summed E-state index contributed by atoms with van der Waals surface area (Å²) in [6, 6.07) is 21.5. The molecule has 0 saturated carbocycles. The Balaban J connectivity index is 1.26. The Labute approximate surface area is 347 Å². The molecule has 0 amide bonds. The zero-order chi connectivity index (χ0) is 43.9. The summed E-state index contributed by atoms with van der Waals surface area (Å²) in [7, 11) is -8.19. The average Bonchev–Trinajstić information content (AvgIpc) is 3.21. The van der Waals surface area contributed by atoms with Crippen molar-refractivity contribution in [2.45, 2.75) is 16.7 Å². The van der Waals surface area contributed by atoms with Crippen LogP contribution in [0.5, 0.6) is 5.75 Å². The molecular weight excluding hydrogens is 837 g/mol. The van der Waals surface area contributed by atoms with E-state index < -0.39 is 36.0 Å². The van der Waals surface area contributed by atoms with Crippen LogP contribution in [0.15, 0.2) is 121 Å². The molecule has 0 spiro atoms. The third-order valence-corrected chi connectivity index (χ3v) is 10.3. The Kier molecular flexibility index (Phi) is 13.2. The number of carboxylic acid groups (broad SMARTS) is 1. The zero-order valence-corrected chi connectivity index (χ0v) is 33.7. The van der Waals surface area contributed by atoms with Crippen LogP contribution in [0.25, 0.3) is 10.8 Å². The number of aromatic nitrogens is 3. The van der Waals surface area contributed by atoms with Gasteiger partial charge in [-0.3, -0.25) is 9.11 Å². The minimum atomic E-state index is -4.85. The molecule has 0 bridgehead atoms. The number of azo groups is 2. The number of benzene rings is 5. The highest BCUT2D eigenvalue weighted by Crippen LogP contribution is 2.35. The fraction of sp³-hybridized carbons (Fsp3) is 0.158. The van der Waals surface area contributed by atoms with Crippen LogP contribution in [0.2, 0.25) is 0 Å². The monoisotopic (exact) mass is 872 g/mol. The lowest BCUT2D eigenvalue weighted by molar-refractivity contribution is 0.0696. The molecule has 0 saturated heterocycles. The van der Waals surface area contributed by atoms with Gasteiger partial charge < -0.3 is 35.6 Å². The van der Waals surface area contributed by atoms with E-state index in [0.717, 1.165) is 12.1 Å². The lowest BCUT2D eigenvalue weighted by Gasteiger charge is -2.21. The van der Waals surface area contributed by atoms with E-state index in [9.17, 15) is 46.1 Å². The fourth-order valence-electron chi connectivity index (χ4n) is 5.86. The number of aromatic carboxylic acids is 1. The van der Waals surface area contributed by atoms with Crippen LogP contribution >= 0.6 is 0 Å². The summed E-state index contributed by atoms with van der Waals surface area (Å²) in [5, 5.41) is 51.1. The summed E-state index contributed by atoms with van der Waals surface area (Å²) < 4.78 is 73.6. The maximum Gasteiger partial charge on any atom is 0.335 e. The third kappa shape index (κ3) is 11.0. The molecule has 1 aromatic heterocycles. The largest absolute Gasteiger partial charge is 0.494 e. The first-order valence-electron chi connectivity index (χ1n) is 17.8. The molecule has 0 aliphatic rings. The predicted molar refractivity (Wildman–Crippen MR) is 222 cm³/mol. The number of carbonyl (C=O) groups is 1. The van der Waals surface area contributed by atoms with E-state index in [1.165, 1.54) is 37.4 Å². The predicted octanol–water partition coefficient (Wildman–Crippen LogP) is 6.64. The number of carboxylic acids is 1. The third-order valence-electron chi connectivity index (χ3n) is 8.53. The van der Waals surface area contributed by atoms with Gasteiger partial charge in [-0.25, -0.2) is 4.79 Å². The van der Waals surface area contributed by atoms with Crippen molar-refractivity contribution in [3.8, 4) is 5.75 Å². The van der Waals surface area contributed by atoms with Crippen LogP contribution in [0.4, 0.5) is 52.0 Å². The molecule has 0 atom stereocenters. The van der Waals surface area contributed by atoms with Gasteiger partial charge in [0.15, 0.2) is 0 Å². The van der Waals surface area contributed by atoms with Crippen LogP contribution in [-0.4, -0.2) is 95.6 Å². The van der Waals surface area contributed by atoms with E-state index in [-0.39, 0.29) is 71.9 Å². The molecule has 6 rings (SSSR count). The number of ether oxygens (including phenoxy) is 1. The van der Waals surface area contributed by atoms with Crippen molar-refractivity contribution in [3.63, 3.8) is 0 Å². The second-order valence-corrected chi connectivity index (χ2v) is 15.7. The number of aryl methyl sites for hydroxylation is 1. The number of nitrogens with zero attached hydrogens (tertiary/aromatic N) is 8. The normalized spacial score (nSPS) is 12.0. The van der Waals surface area contributed by atoms with Crippen molar-refractivity contribution in [1.82, 2.24) is 15.0 Å². The highest BCUT2D eigenvalue weighted by atomic mass is 32.2. The Morgan fingerprint density at radius 2 is 1.30 bits per heavy atom. The minimum Gasteiger partial charge on any atom is -0.494 e. The molecule has 316 valence electrons. The molecule has 0 aliphatic carbocycles. The molecular formula is C38H36N10O11S2. The van der Waals surface area contributed by atoms with Gasteiger partial charge in [-0.15, -0.1) is 0 Å². The summed E-state index contributed by atoms with van der Waals surface area (Å²) >= 11 is 0. The number of nitrogens with one attached hydrogen (secondary N) is 2. The SMILES string of the molecule is COc1cc(/N=N/c2cc(C)cc(C(=O)O)c2)ccc1Nc1nc(Nc2ccc(/N=N/c3cc(S(=O)(=O)O)c4cccc(S(=O)(=O)O)c4c3)cc2)nc(N(CCO)CCO)n1. The van der Waals surface area contributed by atoms with Gasteiger partial charge in [-0.05, 0) is 85.3 Å². The number of fused-ring (bicyclic) bond motifs is 1. The average molecular weight is 873 g/mol. The number of aliphatic hydroxyl groups is 2. The van der Waals surface area contributed by atoms with Gasteiger partial charge in [0.05, 0.1) is 54.3 Å². The first kappa shape index (κ1) is 43.6. The number of hydrogen-bond donors (Lipinski definition) is 7. The Morgan fingerprint density at radius 1 is 0.689 bits per heavy atom. The van der Waals surface area contributed by atoms with Gasteiger partial charge in [0.2, 0.25) is 17.8 Å². The Bertz CT molecular complexity index is 2890. The van der Waals surface area contributed by atoms with E-state index in [1.807, 2.05) is 0 Å². The van der Waals surface area contributed by atoms with Crippen LogP contribution in [0, 0.1) is 6.92 Å². The van der Waals surface area contributed by atoms with Crippen molar-refractivity contribution >= 4 is 88.9 Å². The van der Waals surface area contributed by atoms with Crippen LogP contribution in [0.3, 0.4) is 0 Å². The summed E-state index contributed by atoms with van der Waals surface area (Å²) in [5.74, 6) is -0.561. The molecule has 21 nitrogen and oxygen atoms in total. The lowest BCUT2D eigenvalue weighted by Crippen LogP contribution is -2.31. The van der Waals surface area contributed by atoms with Crippen molar-refractivity contribution in [3.05, 3.63) is 102 Å². The second-order valence-electron chi connectivity index (χ2n) is 12.9. The maximum absolute atomic E-state index is 12.2. The number of rotatable bonds is 17. The van der Waals surface area contributed by atoms with E-state index in [1.54, 1.807) is 60.4 Å². The summed E-state index contributed by atoms with van der Waals surface area (Å²) in [6.07, 6.45) is 0. The van der Waals surface area contributed by atoms with E-state index in [4.69, 9.17) is 4.74 Å². The zero-order valence-electron chi connectivity index (χ0n) is 32.1. The fourth-order valence-corrected chi connectivity index (χ4v) is 7.28. The molecule has 5 aromatic carbocycles. The highest BCUT2D eigenvalue weighted by Gasteiger charge is 2.22. The molecule has 0 radical (unpaired) electrons. The molecule has 0 aliphatic heterocycles. The number of anilines is 5. The molecule has 6 aromatic rings. The number of hydrogen-bond acceptors (Lipinski definition) is 18. The van der Waals surface area contributed by atoms with Gasteiger partial charge in [0.1, 0.15) is 15.5 Å². The van der Waals surface area contributed by atoms with Gasteiger partial charge in [-0.2, -0.15) is 52.2 Å². The molecule has 23 heteroatoms. The van der Waals surface area contributed by atoms with Crippen LogP contribution in [-0.2, 0) is 20.2 Å². The first-order valence-corrected chi connectivity index (χ1v) is 20.7. The topological polar surface area (TPSA) is 311 Å². The molecule has 7 N–H and O–H groups in total. The quantitative estimate of drug-likeness (QED) is 0.0373. The smallest absolute Gasteiger partial charge is 0.335 e. The van der Waals surface area contributed by atoms with Crippen molar-refractivity contribution in [2.24, 2.45) is 20.5 Å². The standard InChI is InChI=1S/C38H36N10O11S2/c1-22-16-23(35(51)52)18-27(17-22)46-45-26-10-11-31(32(20-26)59-2)40-37-41-36(42-38(43-37)48(12-14-49)13-15-50)39-24-6-8-25(9-7-24)44-47-28-19-30-29(34(21-28)61(56,57)58)4-3-5-33(30)60(53,54)55/h3-11,16-21,49-50H,12-15H2,1-2H3,(H,51,52)(H,53,54,55)(H,56,57,58)(H2,39,40,41,42,43)/b46-45+,47-44+. The van der Waals surface area contributed by atoms with Crippen molar-refractivity contribution < 1.29 is 50.8 Å². The molecule has 1 heterocycles.